The van der Waals surface area contributed by atoms with Crippen molar-refractivity contribution in [3.63, 3.8) is 0 Å². The number of anilines is 1. The number of ether oxygens (including phenoxy) is 1. The third kappa shape index (κ3) is 4.86. The molecule has 0 bridgehead atoms. The highest BCUT2D eigenvalue weighted by molar-refractivity contribution is 5.80. The van der Waals surface area contributed by atoms with Gasteiger partial charge in [0.1, 0.15) is 5.82 Å². The van der Waals surface area contributed by atoms with Gasteiger partial charge in [-0.1, -0.05) is 12.1 Å². The van der Waals surface area contributed by atoms with Crippen molar-refractivity contribution < 1.29 is 9.13 Å². The molecule has 2 aliphatic rings. The fourth-order valence-electron chi connectivity index (χ4n) is 3.46. The summed E-state index contributed by atoms with van der Waals surface area (Å²) in [6, 6.07) is 6.99. The number of aliphatic imine (C=N–C) groups is 1. The van der Waals surface area contributed by atoms with Gasteiger partial charge in [-0.25, -0.2) is 4.39 Å². The van der Waals surface area contributed by atoms with E-state index in [4.69, 9.17) is 9.73 Å². The number of guanidine groups is 1. The summed E-state index contributed by atoms with van der Waals surface area (Å²) >= 11 is 0. The van der Waals surface area contributed by atoms with Gasteiger partial charge in [0.2, 0.25) is 0 Å². The molecule has 2 heterocycles. The summed E-state index contributed by atoms with van der Waals surface area (Å²) in [6.07, 6.45) is 0.155. The Bertz CT molecular complexity index is 603. The molecule has 0 aliphatic carbocycles. The summed E-state index contributed by atoms with van der Waals surface area (Å²) in [5.41, 5.74) is 0.688. The normalized spacial score (nSPS) is 22.6. The van der Waals surface area contributed by atoms with E-state index in [0.717, 1.165) is 58.4 Å². The van der Waals surface area contributed by atoms with Gasteiger partial charge in [0, 0.05) is 45.8 Å². The van der Waals surface area contributed by atoms with Crippen LogP contribution in [0.1, 0.15) is 6.92 Å². The molecular weight excluding hydrogens is 333 g/mol. The number of nitrogens with zero attached hydrogens (tertiary/aromatic N) is 4. The van der Waals surface area contributed by atoms with Crippen LogP contribution in [0.15, 0.2) is 29.3 Å². The van der Waals surface area contributed by atoms with Crippen LogP contribution in [0.2, 0.25) is 0 Å². The molecule has 2 aliphatic heterocycles. The van der Waals surface area contributed by atoms with Crippen LogP contribution in [0.25, 0.3) is 0 Å². The van der Waals surface area contributed by atoms with E-state index in [2.05, 4.69) is 34.0 Å². The monoisotopic (exact) mass is 363 g/mol. The first-order valence-corrected chi connectivity index (χ1v) is 9.50. The van der Waals surface area contributed by atoms with Gasteiger partial charge in [-0.2, -0.15) is 0 Å². The molecule has 1 N–H and O–H groups in total. The molecule has 0 spiro atoms. The van der Waals surface area contributed by atoms with E-state index < -0.39 is 0 Å². The van der Waals surface area contributed by atoms with Crippen LogP contribution in [0.5, 0.6) is 0 Å². The number of halogens is 1. The van der Waals surface area contributed by atoms with Crippen molar-refractivity contribution in [2.75, 3.05) is 70.9 Å². The third-order valence-electron chi connectivity index (χ3n) is 4.89. The van der Waals surface area contributed by atoms with Crippen molar-refractivity contribution in [3.8, 4) is 0 Å². The molecule has 2 fully saturated rings. The molecule has 6 nitrogen and oxygen atoms in total. The Morgan fingerprint density at radius 3 is 2.69 bits per heavy atom. The number of piperazine rings is 1. The van der Waals surface area contributed by atoms with E-state index in [9.17, 15) is 4.39 Å². The molecule has 2 saturated heterocycles. The summed E-state index contributed by atoms with van der Waals surface area (Å²) in [4.78, 5) is 11.4. The van der Waals surface area contributed by atoms with Crippen LogP contribution in [0, 0.1) is 5.82 Å². The van der Waals surface area contributed by atoms with Crippen LogP contribution in [-0.4, -0.2) is 87.9 Å². The van der Waals surface area contributed by atoms with E-state index in [-0.39, 0.29) is 11.9 Å². The Morgan fingerprint density at radius 1 is 1.23 bits per heavy atom. The van der Waals surface area contributed by atoms with Gasteiger partial charge in [-0.3, -0.25) is 4.99 Å². The zero-order valence-electron chi connectivity index (χ0n) is 15.8. The Hall–Kier alpha value is -1.86. The lowest BCUT2D eigenvalue weighted by Gasteiger charge is -2.38. The fourth-order valence-corrected chi connectivity index (χ4v) is 3.46. The van der Waals surface area contributed by atoms with Crippen molar-refractivity contribution in [1.82, 2.24) is 15.1 Å². The van der Waals surface area contributed by atoms with Crippen molar-refractivity contribution in [1.29, 1.82) is 0 Å². The molecular formula is C19H30FN5O. The van der Waals surface area contributed by atoms with E-state index in [0.29, 0.717) is 12.2 Å². The molecule has 1 aromatic rings. The molecule has 144 valence electrons. The highest BCUT2D eigenvalue weighted by Gasteiger charge is 2.22. The molecule has 1 atom stereocenters. The van der Waals surface area contributed by atoms with E-state index >= 15 is 0 Å². The summed E-state index contributed by atoms with van der Waals surface area (Å²) in [7, 11) is 2.12. The van der Waals surface area contributed by atoms with E-state index in [1.54, 1.807) is 6.07 Å². The minimum Gasteiger partial charge on any atom is -0.374 e. The molecule has 0 saturated carbocycles. The number of rotatable bonds is 4. The number of morpholine rings is 1. The first-order chi connectivity index (χ1) is 12.7. The maximum Gasteiger partial charge on any atom is 0.194 e. The van der Waals surface area contributed by atoms with Gasteiger partial charge in [-0.05, 0) is 26.1 Å². The Labute approximate surface area is 155 Å². The zero-order chi connectivity index (χ0) is 18.4. The molecule has 3 rings (SSSR count). The number of nitrogens with one attached hydrogen (secondary N) is 1. The average Bonchev–Trinajstić information content (AvgIpc) is 2.66. The lowest BCUT2D eigenvalue weighted by molar-refractivity contribution is -0.0137. The maximum atomic E-state index is 14.0. The van der Waals surface area contributed by atoms with Crippen LogP contribution >= 0.6 is 0 Å². The lowest BCUT2D eigenvalue weighted by atomic mass is 10.2. The highest BCUT2D eigenvalue weighted by atomic mass is 19.1. The van der Waals surface area contributed by atoms with E-state index in [1.165, 1.54) is 6.07 Å². The minimum atomic E-state index is -0.153. The number of hydrogen-bond donors (Lipinski definition) is 1. The average molecular weight is 363 g/mol. The Morgan fingerprint density at radius 2 is 2.00 bits per heavy atom. The quantitative estimate of drug-likeness (QED) is 0.644. The first kappa shape index (κ1) is 18.9. The SMILES string of the molecule is CCNC(=NCC1CN(C)CCO1)N1CCN(c2ccccc2F)CC1. The molecule has 7 heteroatoms. The summed E-state index contributed by atoms with van der Waals surface area (Å²) in [6.45, 7) is 9.48. The van der Waals surface area contributed by atoms with Gasteiger partial charge in [-0.15, -0.1) is 0 Å². The van der Waals surface area contributed by atoms with Crippen molar-refractivity contribution in [2.45, 2.75) is 13.0 Å². The Kier molecular flexibility index (Phi) is 6.68. The summed E-state index contributed by atoms with van der Waals surface area (Å²) in [5, 5.41) is 3.38. The molecule has 0 radical (unpaired) electrons. The molecule has 26 heavy (non-hydrogen) atoms. The third-order valence-corrected chi connectivity index (χ3v) is 4.89. The van der Waals surface area contributed by atoms with Gasteiger partial charge in [0.15, 0.2) is 5.96 Å². The van der Waals surface area contributed by atoms with E-state index in [1.807, 2.05) is 12.1 Å². The zero-order valence-corrected chi connectivity index (χ0v) is 15.8. The fraction of sp³-hybridized carbons (Fsp3) is 0.632. The van der Waals surface area contributed by atoms with Crippen molar-refractivity contribution in [3.05, 3.63) is 30.1 Å². The van der Waals surface area contributed by atoms with Gasteiger partial charge >= 0.3 is 0 Å². The summed E-state index contributed by atoms with van der Waals surface area (Å²) in [5.74, 6) is 0.776. The Balaban J connectivity index is 1.57. The van der Waals surface area contributed by atoms with Gasteiger partial charge < -0.3 is 24.8 Å². The molecule has 0 aromatic heterocycles. The second-order valence-electron chi connectivity index (χ2n) is 6.88. The van der Waals surface area contributed by atoms with Gasteiger partial charge in [0.05, 0.1) is 24.9 Å². The van der Waals surface area contributed by atoms with Gasteiger partial charge in [0.25, 0.3) is 0 Å². The number of likely N-dealkylation sites (N-methyl/N-ethyl adjacent to an activating group) is 1. The standard InChI is InChI=1S/C19H30FN5O/c1-3-21-19(22-14-16-15-23(2)12-13-26-16)25-10-8-24(9-11-25)18-7-5-4-6-17(18)20/h4-7,16H,3,8-15H2,1-2H3,(H,21,22). The number of hydrogen-bond acceptors (Lipinski definition) is 4. The van der Waals surface area contributed by atoms with Crippen LogP contribution in [0.4, 0.5) is 10.1 Å². The number of para-hydroxylation sites is 1. The molecule has 1 unspecified atom stereocenters. The smallest absolute Gasteiger partial charge is 0.194 e. The predicted octanol–water partition coefficient (Wildman–Crippen LogP) is 1.24. The second-order valence-corrected chi connectivity index (χ2v) is 6.88. The summed E-state index contributed by atoms with van der Waals surface area (Å²) < 4.78 is 19.8. The number of benzene rings is 1. The second kappa shape index (κ2) is 9.19. The largest absolute Gasteiger partial charge is 0.374 e. The topological polar surface area (TPSA) is 43.3 Å². The molecule has 0 amide bonds. The molecule has 1 aromatic carbocycles. The van der Waals surface area contributed by atoms with Crippen LogP contribution in [-0.2, 0) is 4.74 Å². The first-order valence-electron chi connectivity index (χ1n) is 9.50. The van der Waals surface area contributed by atoms with Crippen LogP contribution in [0.3, 0.4) is 0 Å². The maximum absolute atomic E-state index is 14.0. The van der Waals surface area contributed by atoms with Crippen LogP contribution < -0.4 is 10.2 Å². The highest BCUT2D eigenvalue weighted by Crippen LogP contribution is 2.20. The van der Waals surface area contributed by atoms with Crippen molar-refractivity contribution in [2.24, 2.45) is 4.99 Å². The van der Waals surface area contributed by atoms with Crippen molar-refractivity contribution >= 4 is 11.6 Å². The lowest BCUT2D eigenvalue weighted by Crippen LogP contribution is -2.53. The predicted molar refractivity (Wildman–Crippen MR) is 103 cm³/mol. The minimum absolute atomic E-state index is 0.153.